The molecule has 1 amide bonds. The van der Waals surface area contributed by atoms with Crippen molar-refractivity contribution in [3.05, 3.63) is 69.8 Å². The summed E-state index contributed by atoms with van der Waals surface area (Å²) in [5.74, 6) is -8.41. The molecule has 18 heteroatoms. The van der Waals surface area contributed by atoms with Crippen molar-refractivity contribution in [2.75, 3.05) is 53.5 Å². The lowest BCUT2D eigenvalue weighted by Gasteiger charge is -2.38. The molecular formula is C54H75N5O13. The van der Waals surface area contributed by atoms with E-state index >= 15 is 0 Å². The lowest BCUT2D eigenvalue weighted by molar-refractivity contribution is -0.168. The molecule has 1 unspecified atom stereocenters. The normalized spacial score (nSPS) is 33.0. The number of aliphatic imine (C=N–C) groups is 1. The summed E-state index contributed by atoms with van der Waals surface area (Å²) in [5, 5.41) is 41.7. The van der Waals surface area contributed by atoms with Crippen molar-refractivity contribution in [1.29, 1.82) is 0 Å². The lowest BCUT2D eigenvalue weighted by atomic mass is 9.78. The average Bonchev–Trinajstić information content (AvgIpc) is 3.84. The van der Waals surface area contributed by atoms with Crippen molar-refractivity contribution < 1.29 is 63.0 Å². The van der Waals surface area contributed by atoms with Crippen LogP contribution in [0.1, 0.15) is 119 Å². The van der Waals surface area contributed by atoms with Crippen LogP contribution < -0.4 is 15.4 Å². The third-order valence-corrected chi connectivity index (χ3v) is 15.4. The zero-order chi connectivity index (χ0) is 52.6. The van der Waals surface area contributed by atoms with Crippen LogP contribution in [0.2, 0.25) is 0 Å². The van der Waals surface area contributed by atoms with Gasteiger partial charge in [-0.1, -0.05) is 59.8 Å². The van der Waals surface area contributed by atoms with Crippen molar-refractivity contribution in [1.82, 2.24) is 20.4 Å². The number of Topliss-reactive ketones (excluding diaryl/α,β-unsaturated/α-hetero) is 2. The van der Waals surface area contributed by atoms with Crippen molar-refractivity contribution in [2.24, 2.45) is 40.5 Å². The number of phenols is 1. The molecule has 1 aromatic carbocycles. The van der Waals surface area contributed by atoms with Gasteiger partial charge in [-0.05, 0) is 52.3 Å². The molecule has 0 aromatic heterocycles. The summed E-state index contributed by atoms with van der Waals surface area (Å²) < 4.78 is 30.0. The predicted octanol–water partition coefficient (Wildman–Crippen LogP) is 4.87. The van der Waals surface area contributed by atoms with Crippen LogP contribution in [0.3, 0.4) is 0 Å². The molecule has 6 heterocycles. The van der Waals surface area contributed by atoms with E-state index < -0.39 is 101 Å². The molecule has 8 rings (SSSR count). The number of amides is 1. The van der Waals surface area contributed by atoms with Crippen LogP contribution in [0, 0.1) is 42.4 Å². The van der Waals surface area contributed by atoms with Crippen LogP contribution in [0.4, 0.5) is 0 Å². The Kier molecular flexibility index (Phi) is 16.6. The first-order chi connectivity index (χ1) is 34.0. The standard InChI is InChI=1S/C54H75N5O13/c1-28(2)25-59-21-18-54(19-22-59)56-42-39-40-47(64)34(8)50-41(39)51(66)53(9,72-50)70-23-17-36(68-11)31(5)49(71-38(61)24-37(60)69-27-35-16-13-20-58(10)26-35)33(7)46(63)32(6)45(62)29(3)14-12-15-30(4)52(67)55-44(48(40)65)43(42)57-54/h12,14-15,17,23,28-29,31-33,35-36,45-46,49,57,62-64H,13,16,18-22,24-27H2,1-11H3,(H,55,67)/b14-12+,23-17+,30-15-/t29-,31+,32+,33+,35?,36-,45-,46+,49+,53-/m0/s1. The van der Waals surface area contributed by atoms with E-state index in [0.717, 1.165) is 32.5 Å². The van der Waals surface area contributed by atoms with Gasteiger partial charge < -0.3 is 59.4 Å². The minimum Gasteiger partial charge on any atom is -0.507 e. The van der Waals surface area contributed by atoms with E-state index in [2.05, 4.69) is 34.3 Å². The number of ether oxygens (including phenoxy) is 5. The molecule has 18 nitrogen and oxygen atoms in total. The third-order valence-electron chi connectivity index (χ3n) is 15.4. The maximum atomic E-state index is 14.9. The smallest absolute Gasteiger partial charge is 0.317 e. The number of nitrogens with one attached hydrogen (secondary N) is 2. The second-order valence-corrected chi connectivity index (χ2v) is 21.5. The summed E-state index contributed by atoms with van der Waals surface area (Å²) in [6, 6.07) is 0. The Labute approximate surface area is 422 Å². The minimum absolute atomic E-state index is 0.000127. The molecule has 7 aliphatic rings. The van der Waals surface area contributed by atoms with Crippen LogP contribution in [0.25, 0.3) is 0 Å². The Balaban J connectivity index is 1.25. The number of carbonyl (C=O) groups excluding carboxylic acids is 5. The van der Waals surface area contributed by atoms with Gasteiger partial charge in [0, 0.05) is 99.3 Å². The first kappa shape index (κ1) is 54.4. The topological polar surface area (TPSA) is 235 Å². The number of rotatable bonds is 8. The van der Waals surface area contributed by atoms with Crippen molar-refractivity contribution >= 4 is 35.1 Å². The highest BCUT2D eigenvalue weighted by molar-refractivity contribution is 6.34. The number of ketones is 2. The van der Waals surface area contributed by atoms with Gasteiger partial charge in [0.05, 0.1) is 53.7 Å². The fourth-order valence-corrected chi connectivity index (χ4v) is 11.1. The zero-order valence-corrected chi connectivity index (χ0v) is 43.7. The number of carbonyl (C=O) groups is 5. The van der Waals surface area contributed by atoms with Gasteiger partial charge in [-0.15, -0.1) is 0 Å². The monoisotopic (exact) mass is 1000 g/mol. The molecule has 5 bridgehead atoms. The second-order valence-electron chi connectivity index (χ2n) is 21.5. The molecule has 1 spiro atoms. The summed E-state index contributed by atoms with van der Waals surface area (Å²) in [6.07, 6.45) is 5.53. The number of aliphatic hydroxyl groups is 2. The van der Waals surface area contributed by atoms with Crippen LogP contribution >= 0.6 is 0 Å². The number of piperidine rings is 2. The molecule has 72 heavy (non-hydrogen) atoms. The van der Waals surface area contributed by atoms with Gasteiger partial charge in [-0.3, -0.25) is 29.0 Å². The van der Waals surface area contributed by atoms with Gasteiger partial charge in [-0.25, -0.2) is 0 Å². The van der Waals surface area contributed by atoms with E-state index in [0.29, 0.717) is 31.8 Å². The van der Waals surface area contributed by atoms with E-state index in [1.807, 2.05) is 7.05 Å². The van der Waals surface area contributed by atoms with Gasteiger partial charge in [-0.2, -0.15) is 0 Å². The van der Waals surface area contributed by atoms with Crippen molar-refractivity contribution in [2.45, 2.75) is 130 Å². The Hall–Kier alpha value is -5.40. The first-order valence-electron chi connectivity index (χ1n) is 25.5. The van der Waals surface area contributed by atoms with E-state index in [1.165, 1.54) is 39.4 Å². The van der Waals surface area contributed by atoms with E-state index in [4.69, 9.17) is 28.7 Å². The molecule has 0 saturated carbocycles. The van der Waals surface area contributed by atoms with Gasteiger partial charge in [0.1, 0.15) is 35.4 Å². The Morgan fingerprint density at radius 3 is 2.32 bits per heavy atom. The highest BCUT2D eigenvalue weighted by atomic mass is 16.7. The maximum absolute atomic E-state index is 14.9. The highest BCUT2D eigenvalue weighted by Crippen LogP contribution is 2.50. The largest absolute Gasteiger partial charge is 0.507 e. The molecule has 5 N–H and O–H groups in total. The van der Waals surface area contributed by atoms with Gasteiger partial charge in [0.15, 0.2) is 0 Å². The molecular weight excluding hydrogens is 927 g/mol. The van der Waals surface area contributed by atoms with Gasteiger partial charge in [0.2, 0.25) is 5.78 Å². The van der Waals surface area contributed by atoms with Crippen LogP contribution in [-0.2, 0) is 33.3 Å². The SMILES string of the molecule is CO[C@H]1/C=C/O[C@@]2(C)Oc3c(C)c(O)c4c(c3C2=O)C2=NC3(CCN(CC(C)C)CC3)NC2=C(NC(=O)/C(C)=C\C=C\[C@H](C)[C@H](O)[C@@H](C)[C@@H](O)[C@@H](C)[C@H](OC(=O)CC(=O)OCC2CCCN(C)C2)[C@@H]1C)C4=O. The number of methoxy groups -OCH3 is 1. The molecule has 2 fully saturated rings. The molecule has 0 radical (unpaired) electrons. The summed E-state index contributed by atoms with van der Waals surface area (Å²) in [5.41, 5.74) is -0.421. The second kappa shape index (κ2) is 22.0. The number of hydrogen-bond acceptors (Lipinski definition) is 17. The lowest BCUT2D eigenvalue weighted by Crippen LogP contribution is -2.50. The Morgan fingerprint density at radius 2 is 1.65 bits per heavy atom. The highest BCUT2D eigenvalue weighted by Gasteiger charge is 2.54. The number of aliphatic hydroxyl groups excluding tert-OH is 2. The number of hydrogen-bond donors (Lipinski definition) is 5. The molecule has 10 atom stereocenters. The Morgan fingerprint density at radius 1 is 0.944 bits per heavy atom. The van der Waals surface area contributed by atoms with E-state index in [1.54, 1.807) is 46.8 Å². The summed E-state index contributed by atoms with van der Waals surface area (Å²) >= 11 is 0. The van der Waals surface area contributed by atoms with Crippen molar-refractivity contribution in [3.8, 4) is 11.5 Å². The molecule has 6 aliphatic heterocycles. The Bertz CT molecular complexity index is 2450. The molecule has 394 valence electrons. The number of fused-ring (bicyclic) bond motifs is 13. The quantitative estimate of drug-likeness (QED) is 0.173. The summed E-state index contributed by atoms with van der Waals surface area (Å²) in [4.78, 5) is 80.1. The fourth-order valence-electron chi connectivity index (χ4n) is 11.1. The number of esters is 2. The predicted molar refractivity (Wildman–Crippen MR) is 267 cm³/mol. The molecule has 2 saturated heterocycles. The average molecular weight is 1000 g/mol. The number of allylic oxidation sites excluding steroid dienone is 4. The van der Waals surface area contributed by atoms with Crippen LogP contribution in [0.5, 0.6) is 11.5 Å². The number of phenolic OH excluding ortho intramolecular Hbond substituents is 1. The molecule has 1 aromatic rings. The minimum atomic E-state index is -2.03. The van der Waals surface area contributed by atoms with Gasteiger partial charge in [0.25, 0.3) is 11.7 Å². The fraction of sp³-hybridized carbons (Fsp3) is 0.630. The summed E-state index contributed by atoms with van der Waals surface area (Å²) in [7, 11) is 3.44. The summed E-state index contributed by atoms with van der Waals surface area (Å²) in [6.45, 7) is 19.9. The van der Waals surface area contributed by atoms with Crippen molar-refractivity contribution in [3.63, 3.8) is 0 Å². The van der Waals surface area contributed by atoms with Crippen LogP contribution in [0.15, 0.2) is 52.5 Å². The number of benzene rings is 1. The number of likely N-dealkylation sites (tertiary alicyclic amines) is 2. The number of aromatic hydroxyl groups is 1. The third kappa shape index (κ3) is 11.1. The maximum Gasteiger partial charge on any atom is 0.317 e. The first-order valence-corrected chi connectivity index (χ1v) is 25.5. The van der Waals surface area contributed by atoms with Crippen LogP contribution in [-0.4, -0.2) is 150 Å². The zero-order valence-electron chi connectivity index (χ0n) is 43.7. The number of nitrogens with zero attached hydrogens (tertiary/aromatic N) is 3. The van der Waals surface area contributed by atoms with E-state index in [9.17, 15) is 39.3 Å². The van der Waals surface area contributed by atoms with E-state index in [-0.39, 0.29) is 63.2 Å². The molecule has 1 aliphatic carbocycles. The van der Waals surface area contributed by atoms with Gasteiger partial charge >= 0.3 is 17.7 Å².